The predicted molar refractivity (Wildman–Crippen MR) is 79.0 cm³/mol. The Labute approximate surface area is 126 Å². The minimum Gasteiger partial charge on any atom is -0.424 e. The van der Waals surface area contributed by atoms with Crippen molar-refractivity contribution in [3.8, 4) is 22.6 Å². The first kappa shape index (κ1) is 15.4. The second-order valence-electron chi connectivity index (χ2n) is 4.39. The molecule has 0 aliphatic rings. The van der Waals surface area contributed by atoms with Gasteiger partial charge in [-0.25, -0.2) is 9.18 Å². The van der Waals surface area contributed by atoms with Crippen molar-refractivity contribution in [1.29, 1.82) is 0 Å². The van der Waals surface area contributed by atoms with Gasteiger partial charge in [-0.15, -0.1) is 0 Å². The second-order valence-corrected chi connectivity index (χ2v) is 4.39. The second kappa shape index (κ2) is 6.67. The molecule has 0 aliphatic heterocycles. The summed E-state index contributed by atoms with van der Waals surface area (Å²) in [6.07, 6.45) is 1.07. The lowest BCUT2D eigenvalue weighted by atomic mass is 10.1. The van der Waals surface area contributed by atoms with Gasteiger partial charge in [0, 0.05) is 13.0 Å². The first-order valence-corrected chi connectivity index (χ1v) is 6.42. The van der Waals surface area contributed by atoms with Gasteiger partial charge in [0.2, 0.25) is 0 Å². The van der Waals surface area contributed by atoms with Crippen molar-refractivity contribution in [2.75, 3.05) is 0 Å². The number of esters is 2. The van der Waals surface area contributed by atoms with Crippen LogP contribution in [0.1, 0.15) is 6.92 Å². The minimum absolute atomic E-state index is 0.118. The molecule has 0 radical (unpaired) electrons. The molecule has 2 rings (SSSR count). The summed E-state index contributed by atoms with van der Waals surface area (Å²) in [4.78, 5) is 21.9. The monoisotopic (exact) mass is 300 g/mol. The van der Waals surface area contributed by atoms with E-state index in [0.29, 0.717) is 11.3 Å². The molecule has 0 N–H and O–H groups in total. The number of rotatable bonds is 4. The Morgan fingerprint density at radius 1 is 1.05 bits per heavy atom. The summed E-state index contributed by atoms with van der Waals surface area (Å²) in [5.74, 6) is -1.52. The quantitative estimate of drug-likeness (QED) is 0.492. The van der Waals surface area contributed by atoms with E-state index in [2.05, 4.69) is 6.58 Å². The van der Waals surface area contributed by atoms with Crippen LogP contribution in [0.4, 0.5) is 4.39 Å². The lowest BCUT2D eigenvalue weighted by Crippen LogP contribution is -2.03. The van der Waals surface area contributed by atoms with Gasteiger partial charge in [0.15, 0.2) is 11.6 Å². The Morgan fingerprint density at radius 3 is 2.23 bits per heavy atom. The number of hydrogen-bond acceptors (Lipinski definition) is 4. The molecule has 5 heteroatoms. The van der Waals surface area contributed by atoms with E-state index >= 15 is 0 Å². The fraction of sp³-hybridized carbons (Fsp3) is 0.0588. The standard InChI is InChI=1S/C17H13FO4/c1-3-17(20)22-14-7-4-12(5-8-14)13-6-9-16(15(18)10-13)21-11(2)19/h3-10H,1H2,2H3. The van der Waals surface area contributed by atoms with Crippen LogP contribution in [0.5, 0.6) is 11.5 Å². The number of carbonyl (C=O) groups is 2. The largest absolute Gasteiger partial charge is 0.424 e. The molecule has 112 valence electrons. The molecule has 2 aromatic carbocycles. The first-order valence-electron chi connectivity index (χ1n) is 6.42. The maximum absolute atomic E-state index is 13.8. The highest BCUT2D eigenvalue weighted by Crippen LogP contribution is 2.27. The Balaban J connectivity index is 2.21. The van der Waals surface area contributed by atoms with E-state index in [0.717, 1.165) is 11.6 Å². The van der Waals surface area contributed by atoms with Crippen molar-refractivity contribution in [1.82, 2.24) is 0 Å². The summed E-state index contributed by atoms with van der Waals surface area (Å²) in [6, 6.07) is 10.8. The summed E-state index contributed by atoms with van der Waals surface area (Å²) in [5, 5.41) is 0. The molecular weight excluding hydrogens is 287 g/mol. The molecule has 0 amide bonds. The number of carbonyl (C=O) groups excluding carboxylic acids is 2. The average molecular weight is 300 g/mol. The van der Waals surface area contributed by atoms with Crippen LogP contribution in [0.3, 0.4) is 0 Å². The predicted octanol–water partition coefficient (Wildman–Crippen LogP) is 3.51. The molecule has 0 bridgehead atoms. The summed E-state index contributed by atoms with van der Waals surface area (Å²) in [6.45, 7) is 4.51. The van der Waals surface area contributed by atoms with E-state index in [-0.39, 0.29) is 5.75 Å². The third-order valence-electron chi connectivity index (χ3n) is 2.76. The van der Waals surface area contributed by atoms with E-state index in [1.807, 2.05) is 0 Å². The molecule has 0 saturated heterocycles. The summed E-state index contributed by atoms with van der Waals surface area (Å²) < 4.78 is 23.5. The maximum atomic E-state index is 13.8. The Morgan fingerprint density at radius 2 is 1.68 bits per heavy atom. The average Bonchev–Trinajstić information content (AvgIpc) is 2.49. The molecule has 0 atom stereocenters. The highest BCUT2D eigenvalue weighted by atomic mass is 19.1. The van der Waals surface area contributed by atoms with Gasteiger partial charge in [0.25, 0.3) is 0 Å². The molecule has 0 unspecified atom stereocenters. The highest BCUT2D eigenvalue weighted by molar-refractivity contribution is 5.83. The zero-order valence-corrected chi connectivity index (χ0v) is 11.8. The smallest absolute Gasteiger partial charge is 0.335 e. The van der Waals surface area contributed by atoms with Gasteiger partial charge >= 0.3 is 11.9 Å². The van der Waals surface area contributed by atoms with Gasteiger partial charge in [-0.05, 0) is 35.4 Å². The van der Waals surface area contributed by atoms with Gasteiger partial charge in [0.1, 0.15) is 5.75 Å². The van der Waals surface area contributed by atoms with Crippen LogP contribution in [0.25, 0.3) is 11.1 Å². The molecule has 0 fully saturated rings. The zero-order valence-electron chi connectivity index (χ0n) is 11.8. The van der Waals surface area contributed by atoms with E-state index in [1.165, 1.54) is 19.1 Å². The van der Waals surface area contributed by atoms with Crippen LogP contribution < -0.4 is 9.47 Å². The number of hydrogen-bond donors (Lipinski definition) is 0. The van der Waals surface area contributed by atoms with E-state index in [1.54, 1.807) is 30.3 Å². The van der Waals surface area contributed by atoms with Crippen LogP contribution in [0.15, 0.2) is 55.1 Å². The van der Waals surface area contributed by atoms with Crippen molar-refractivity contribution < 1.29 is 23.5 Å². The van der Waals surface area contributed by atoms with Crippen LogP contribution >= 0.6 is 0 Å². The lowest BCUT2D eigenvalue weighted by Gasteiger charge is -2.07. The van der Waals surface area contributed by atoms with Gasteiger partial charge in [-0.1, -0.05) is 24.8 Å². The summed E-state index contributed by atoms with van der Waals surface area (Å²) >= 11 is 0. The first-order chi connectivity index (χ1) is 10.5. The van der Waals surface area contributed by atoms with Crippen molar-refractivity contribution in [3.63, 3.8) is 0 Å². The lowest BCUT2D eigenvalue weighted by molar-refractivity contribution is -0.132. The normalized spacial score (nSPS) is 9.91. The van der Waals surface area contributed by atoms with Crippen LogP contribution in [0, 0.1) is 5.82 Å². The molecular formula is C17H13FO4. The number of halogens is 1. The molecule has 0 saturated carbocycles. The molecule has 0 spiro atoms. The van der Waals surface area contributed by atoms with Crippen LogP contribution in [-0.4, -0.2) is 11.9 Å². The van der Waals surface area contributed by atoms with E-state index in [4.69, 9.17) is 9.47 Å². The maximum Gasteiger partial charge on any atom is 0.335 e. The molecule has 2 aromatic rings. The fourth-order valence-corrected chi connectivity index (χ4v) is 1.79. The number of benzene rings is 2. The van der Waals surface area contributed by atoms with E-state index in [9.17, 15) is 14.0 Å². The zero-order chi connectivity index (χ0) is 16.1. The fourth-order valence-electron chi connectivity index (χ4n) is 1.79. The van der Waals surface area contributed by atoms with Crippen molar-refractivity contribution in [2.45, 2.75) is 6.92 Å². The van der Waals surface area contributed by atoms with Gasteiger partial charge < -0.3 is 9.47 Å². The van der Waals surface area contributed by atoms with Crippen molar-refractivity contribution in [3.05, 3.63) is 60.9 Å². The minimum atomic E-state index is -0.630. The summed E-state index contributed by atoms with van der Waals surface area (Å²) in [5.41, 5.74) is 1.33. The molecule has 0 aromatic heterocycles. The molecule has 0 aliphatic carbocycles. The highest BCUT2D eigenvalue weighted by Gasteiger charge is 2.08. The van der Waals surface area contributed by atoms with Crippen LogP contribution in [0.2, 0.25) is 0 Å². The molecule has 22 heavy (non-hydrogen) atoms. The van der Waals surface area contributed by atoms with Crippen molar-refractivity contribution >= 4 is 11.9 Å². The Bertz CT molecular complexity index is 720. The number of ether oxygens (including phenoxy) is 2. The van der Waals surface area contributed by atoms with Crippen molar-refractivity contribution in [2.24, 2.45) is 0 Å². The van der Waals surface area contributed by atoms with Crippen LogP contribution in [-0.2, 0) is 9.59 Å². The topological polar surface area (TPSA) is 52.6 Å². The third kappa shape index (κ3) is 3.79. The summed E-state index contributed by atoms with van der Waals surface area (Å²) in [7, 11) is 0. The van der Waals surface area contributed by atoms with E-state index < -0.39 is 17.8 Å². The SMILES string of the molecule is C=CC(=O)Oc1ccc(-c2ccc(OC(C)=O)c(F)c2)cc1. The Kier molecular flexibility index (Phi) is 4.68. The third-order valence-corrected chi connectivity index (χ3v) is 2.76. The Hall–Kier alpha value is -2.95. The van der Waals surface area contributed by atoms with Gasteiger partial charge in [0.05, 0.1) is 0 Å². The molecule has 0 heterocycles. The van der Waals surface area contributed by atoms with Gasteiger partial charge in [-0.2, -0.15) is 0 Å². The van der Waals surface area contributed by atoms with Gasteiger partial charge in [-0.3, -0.25) is 4.79 Å². The molecule has 4 nitrogen and oxygen atoms in total.